The summed E-state index contributed by atoms with van der Waals surface area (Å²) in [6.07, 6.45) is 0. The summed E-state index contributed by atoms with van der Waals surface area (Å²) in [5, 5.41) is 0. The Labute approximate surface area is 103 Å². The van der Waals surface area contributed by atoms with Crippen LogP contribution in [0.3, 0.4) is 0 Å². The molecule has 92 valence electrons. The molecule has 0 heterocycles. The average Bonchev–Trinajstić information content (AvgIpc) is 2.39. The molecular formula is C14H10F2O2. The molecule has 2 aromatic rings. The number of hydrogen-bond acceptors (Lipinski definition) is 2. The van der Waals surface area contributed by atoms with Crippen molar-refractivity contribution < 1.29 is 18.3 Å². The molecule has 0 saturated heterocycles. The van der Waals surface area contributed by atoms with Crippen molar-refractivity contribution in [3.8, 4) is 11.1 Å². The van der Waals surface area contributed by atoms with E-state index in [1.807, 2.05) is 0 Å². The number of benzene rings is 2. The Hall–Kier alpha value is -2.23. The number of halogens is 2. The molecule has 0 N–H and O–H groups in total. The molecule has 2 nitrogen and oxygen atoms in total. The Morgan fingerprint density at radius 2 is 1.61 bits per heavy atom. The van der Waals surface area contributed by atoms with E-state index in [1.165, 1.54) is 43.5 Å². The first kappa shape index (κ1) is 12.2. The van der Waals surface area contributed by atoms with Crippen molar-refractivity contribution >= 4 is 5.97 Å². The van der Waals surface area contributed by atoms with E-state index in [1.54, 1.807) is 0 Å². The molecule has 0 spiro atoms. The van der Waals surface area contributed by atoms with Gasteiger partial charge in [-0.2, -0.15) is 0 Å². The maximum absolute atomic E-state index is 13.2. The van der Waals surface area contributed by atoms with E-state index in [0.717, 1.165) is 6.07 Å². The summed E-state index contributed by atoms with van der Waals surface area (Å²) in [6.45, 7) is 0. The Balaban J connectivity index is 2.56. The zero-order valence-corrected chi connectivity index (χ0v) is 9.61. The zero-order chi connectivity index (χ0) is 13.1. The number of methoxy groups -OCH3 is 1. The van der Waals surface area contributed by atoms with Gasteiger partial charge in [0.25, 0.3) is 0 Å². The number of rotatable bonds is 2. The molecule has 0 unspecified atom stereocenters. The summed E-state index contributed by atoms with van der Waals surface area (Å²) < 4.78 is 30.6. The highest BCUT2D eigenvalue weighted by atomic mass is 19.1. The number of hydrogen-bond donors (Lipinski definition) is 0. The summed E-state index contributed by atoms with van der Waals surface area (Å²) in [5.41, 5.74) is 1.24. The van der Waals surface area contributed by atoms with Gasteiger partial charge in [0.1, 0.15) is 11.6 Å². The maximum Gasteiger partial charge on any atom is 0.338 e. The summed E-state index contributed by atoms with van der Waals surface area (Å²) in [5.74, 6) is -1.53. The van der Waals surface area contributed by atoms with Crippen molar-refractivity contribution in [1.29, 1.82) is 0 Å². The molecule has 0 aliphatic carbocycles. The minimum absolute atomic E-state index is 0.115. The zero-order valence-electron chi connectivity index (χ0n) is 9.61. The monoisotopic (exact) mass is 248 g/mol. The minimum atomic E-state index is -0.631. The standard InChI is InChI=1S/C14H10F2O2/c1-18-14(17)13-8-11(16)6-7-12(13)9-2-4-10(15)5-3-9/h2-8H,1H3. The van der Waals surface area contributed by atoms with E-state index < -0.39 is 11.8 Å². The fourth-order valence-corrected chi connectivity index (χ4v) is 1.68. The molecule has 0 aromatic heterocycles. The SMILES string of the molecule is COC(=O)c1cc(F)ccc1-c1ccc(F)cc1. The highest BCUT2D eigenvalue weighted by Gasteiger charge is 2.14. The van der Waals surface area contributed by atoms with Gasteiger partial charge in [-0.25, -0.2) is 13.6 Å². The smallest absolute Gasteiger partial charge is 0.338 e. The predicted octanol–water partition coefficient (Wildman–Crippen LogP) is 3.42. The molecule has 4 heteroatoms. The third-order valence-corrected chi connectivity index (χ3v) is 2.54. The van der Waals surface area contributed by atoms with Crippen molar-refractivity contribution in [2.45, 2.75) is 0 Å². The van der Waals surface area contributed by atoms with Crippen LogP contribution in [0.15, 0.2) is 42.5 Å². The van der Waals surface area contributed by atoms with E-state index in [-0.39, 0.29) is 11.4 Å². The molecule has 0 saturated carbocycles. The van der Waals surface area contributed by atoms with Crippen LogP contribution in [0.4, 0.5) is 8.78 Å². The second-order valence-electron chi connectivity index (χ2n) is 3.69. The van der Waals surface area contributed by atoms with Crippen molar-refractivity contribution in [1.82, 2.24) is 0 Å². The highest BCUT2D eigenvalue weighted by molar-refractivity contribution is 5.97. The fourth-order valence-electron chi connectivity index (χ4n) is 1.68. The van der Waals surface area contributed by atoms with Crippen LogP contribution in [0.1, 0.15) is 10.4 Å². The lowest BCUT2D eigenvalue weighted by molar-refractivity contribution is 0.0601. The minimum Gasteiger partial charge on any atom is -0.465 e. The maximum atomic E-state index is 13.2. The molecule has 0 aliphatic rings. The Morgan fingerprint density at radius 1 is 1.00 bits per heavy atom. The van der Waals surface area contributed by atoms with Crippen LogP contribution in [0.25, 0.3) is 11.1 Å². The van der Waals surface area contributed by atoms with Gasteiger partial charge in [0.05, 0.1) is 12.7 Å². The summed E-state index contributed by atoms with van der Waals surface area (Å²) >= 11 is 0. The number of carbonyl (C=O) groups excluding carboxylic acids is 1. The van der Waals surface area contributed by atoms with E-state index in [0.29, 0.717) is 11.1 Å². The second-order valence-corrected chi connectivity index (χ2v) is 3.69. The highest BCUT2D eigenvalue weighted by Crippen LogP contribution is 2.25. The number of ether oxygens (including phenoxy) is 1. The lowest BCUT2D eigenvalue weighted by Gasteiger charge is -2.08. The van der Waals surface area contributed by atoms with E-state index in [9.17, 15) is 13.6 Å². The molecule has 0 aliphatic heterocycles. The fraction of sp³-hybridized carbons (Fsp3) is 0.0714. The molecule has 0 amide bonds. The summed E-state index contributed by atoms with van der Waals surface area (Å²) in [6, 6.07) is 9.41. The van der Waals surface area contributed by atoms with Gasteiger partial charge in [0.2, 0.25) is 0 Å². The molecule has 2 rings (SSSR count). The quantitative estimate of drug-likeness (QED) is 0.761. The van der Waals surface area contributed by atoms with Crippen LogP contribution < -0.4 is 0 Å². The molecule has 18 heavy (non-hydrogen) atoms. The Morgan fingerprint density at radius 3 is 2.22 bits per heavy atom. The molecule has 2 aromatic carbocycles. The molecule has 0 radical (unpaired) electrons. The lowest BCUT2D eigenvalue weighted by atomic mass is 9.99. The topological polar surface area (TPSA) is 26.3 Å². The Kier molecular flexibility index (Phi) is 3.37. The third kappa shape index (κ3) is 2.37. The number of carbonyl (C=O) groups is 1. The van der Waals surface area contributed by atoms with E-state index in [2.05, 4.69) is 4.74 Å². The molecule has 0 fully saturated rings. The second kappa shape index (κ2) is 4.96. The van der Waals surface area contributed by atoms with Gasteiger partial charge in [-0.3, -0.25) is 0 Å². The van der Waals surface area contributed by atoms with Gasteiger partial charge in [-0.05, 0) is 35.4 Å². The van der Waals surface area contributed by atoms with Gasteiger partial charge in [-0.1, -0.05) is 18.2 Å². The first-order chi connectivity index (χ1) is 8.61. The van der Waals surface area contributed by atoms with Gasteiger partial charge >= 0.3 is 5.97 Å². The Bertz CT molecular complexity index is 577. The first-order valence-corrected chi connectivity index (χ1v) is 5.25. The lowest BCUT2D eigenvalue weighted by Crippen LogP contribution is -2.04. The first-order valence-electron chi connectivity index (χ1n) is 5.25. The molecule has 0 atom stereocenters. The van der Waals surface area contributed by atoms with E-state index in [4.69, 9.17) is 0 Å². The largest absolute Gasteiger partial charge is 0.465 e. The van der Waals surface area contributed by atoms with Crippen LogP contribution in [0, 0.1) is 11.6 Å². The van der Waals surface area contributed by atoms with Crippen molar-refractivity contribution in [3.63, 3.8) is 0 Å². The van der Waals surface area contributed by atoms with Gasteiger partial charge in [0, 0.05) is 0 Å². The van der Waals surface area contributed by atoms with Gasteiger partial charge in [-0.15, -0.1) is 0 Å². The van der Waals surface area contributed by atoms with Gasteiger partial charge < -0.3 is 4.74 Å². The average molecular weight is 248 g/mol. The number of esters is 1. The van der Waals surface area contributed by atoms with Crippen LogP contribution in [-0.2, 0) is 4.74 Å². The van der Waals surface area contributed by atoms with E-state index >= 15 is 0 Å². The third-order valence-electron chi connectivity index (χ3n) is 2.54. The van der Waals surface area contributed by atoms with Gasteiger partial charge in [0.15, 0.2) is 0 Å². The molecular weight excluding hydrogens is 238 g/mol. The van der Waals surface area contributed by atoms with Crippen molar-refractivity contribution in [2.24, 2.45) is 0 Å². The predicted molar refractivity (Wildman–Crippen MR) is 63.1 cm³/mol. The van der Waals surface area contributed by atoms with Crippen molar-refractivity contribution in [2.75, 3.05) is 7.11 Å². The van der Waals surface area contributed by atoms with Crippen LogP contribution >= 0.6 is 0 Å². The molecule has 0 bridgehead atoms. The van der Waals surface area contributed by atoms with Crippen LogP contribution in [-0.4, -0.2) is 13.1 Å². The summed E-state index contributed by atoms with van der Waals surface area (Å²) in [7, 11) is 1.22. The normalized spacial score (nSPS) is 10.2. The van der Waals surface area contributed by atoms with Crippen LogP contribution in [0.5, 0.6) is 0 Å². The van der Waals surface area contributed by atoms with Crippen LogP contribution in [0.2, 0.25) is 0 Å². The summed E-state index contributed by atoms with van der Waals surface area (Å²) in [4.78, 5) is 11.6. The van der Waals surface area contributed by atoms with Crippen molar-refractivity contribution in [3.05, 3.63) is 59.7 Å².